The van der Waals surface area contributed by atoms with Crippen LogP contribution in [0.15, 0.2) is 46.6 Å². The molecule has 0 spiro atoms. The molecule has 0 aromatic carbocycles. The molecule has 104 valence electrons. The van der Waals surface area contributed by atoms with Gasteiger partial charge in [0, 0.05) is 25.7 Å². The van der Waals surface area contributed by atoms with Crippen LogP contribution < -0.4 is 0 Å². The predicted octanol–water partition coefficient (Wildman–Crippen LogP) is 3.36. The van der Waals surface area contributed by atoms with Gasteiger partial charge in [-0.1, -0.05) is 24.3 Å². The van der Waals surface area contributed by atoms with Crippen molar-refractivity contribution in [3.05, 3.63) is 46.6 Å². The van der Waals surface area contributed by atoms with Crippen LogP contribution in [0.2, 0.25) is 0 Å². The van der Waals surface area contributed by atoms with Gasteiger partial charge in [-0.15, -0.1) is 0 Å². The maximum absolute atomic E-state index is 9.27. The van der Waals surface area contributed by atoms with Gasteiger partial charge in [-0.2, -0.15) is 21.0 Å². The van der Waals surface area contributed by atoms with Crippen molar-refractivity contribution in [2.24, 2.45) is 10.8 Å². The third-order valence-corrected chi connectivity index (χ3v) is 4.62. The van der Waals surface area contributed by atoms with E-state index in [2.05, 4.69) is 24.3 Å². The molecule has 3 aliphatic rings. The standard InChI is InChI=1S/C18H12N4/c19-9-17(10-20)5-13-1-2-14-6-18(11-21,12-22)8-16(14)4-3-15(13)7-17/h1-4H,5-8H2/b2-1-,4-3-,13-1?,14-2?,15-3?,16-4?. The molecule has 0 aliphatic heterocycles. The molecule has 0 radical (unpaired) electrons. The second-order valence-electron chi connectivity index (χ2n) is 6.09. The molecule has 0 N–H and O–H groups in total. The van der Waals surface area contributed by atoms with Gasteiger partial charge in [0.1, 0.15) is 0 Å². The van der Waals surface area contributed by atoms with Gasteiger partial charge in [0.25, 0.3) is 0 Å². The van der Waals surface area contributed by atoms with Crippen molar-refractivity contribution < 1.29 is 0 Å². The van der Waals surface area contributed by atoms with Crippen LogP contribution in [0.4, 0.5) is 0 Å². The SMILES string of the molecule is N#CC1(C#N)CC2=C(/C=C\C3=C(/C=C\2)CC(C#N)(C#N)C3)C1. The monoisotopic (exact) mass is 284 g/mol. The largest absolute Gasteiger partial charge is 0.197 e. The van der Waals surface area contributed by atoms with E-state index >= 15 is 0 Å². The summed E-state index contributed by atoms with van der Waals surface area (Å²) in [6.07, 6.45) is 9.48. The van der Waals surface area contributed by atoms with E-state index in [1.54, 1.807) is 0 Å². The fraction of sp³-hybridized carbons (Fsp3) is 0.333. The highest BCUT2D eigenvalue weighted by Gasteiger charge is 2.40. The first-order chi connectivity index (χ1) is 10.6. The van der Waals surface area contributed by atoms with Crippen LogP contribution in [-0.2, 0) is 0 Å². The Morgan fingerprint density at radius 1 is 0.545 bits per heavy atom. The summed E-state index contributed by atoms with van der Waals surface area (Å²) < 4.78 is 0. The van der Waals surface area contributed by atoms with Crippen LogP contribution in [0.25, 0.3) is 0 Å². The number of rotatable bonds is 0. The van der Waals surface area contributed by atoms with Crippen LogP contribution in [0.3, 0.4) is 0 Å². The van der Waals surface area contributed by atoms with E-state index in [-0.39, 0.29) is 0 Å². The van der Waals surface area contributed by atoms with E-state index in [0.717, 1.165) is 22.3 Å². The molecule has 0 fully saturated rings. The Bertz CT molecular complexity index is 697. The van der Waals surface area contributed by atoms with Crippen molar-refractivity contribution in [3.8, 4) is 24.3 Å². The van der Waals surface area contributed by atoms with E-state index in [1.165, 1.54) is 0 Å². The summed E-state index contributed by atoms with van der Waals surface area (Å²) in [4.78, 5) is 0. The smallest absolute Gasteiger partial charge is 0.151 e. The highest BCUT2D eigenvalue weighted by Crippen LogP contribution is 2.46. The molecule has 0 heterocycles. The van der Waals surface area contributed by atoms with Gasteiger partial charge in [0.2, 0.25) is 0 Å². The maximum atomic E-state index is 9.27. The number of hydrogen-bond donors (Lipinski definition) is 0. The third kappa shape index (κ3) is 1.95. The molecule has 4 heteroatoms. The number of nitrogens with zero attached hydrogens (tertiary/aromatic N) is 4. The fourth-order valence-electron chi connectivity index (χ4n) is 3.31. The zero-order valence-corrected chi connectivity index (χ0v) is 11.9. The van der Waals surface area contributed by atoms with Crippen molar-refractivity contribution in [2.75, 3.05) is 0 Å². The first-order valence-electron chi connectivity index (χ1n) is 7.04. The molecule has 3 aliphatic carbocycles. The number of nitriles is 4. The average Bonchev–Trinajstić information content (AvgIpc) is 3.08. The summed E-state index contributed by atoms with van der Waals surface area (Å²) in [5.41, 5.74) is 2.07. The second-order valence-corrected chi connectivity index (χ2v) is 6.09. The van der Waals surface area contributed by atoms with E-state index in [9.17, 15) is 21.0 Å². The molecule has 0 saturated carbocycles. The minimum atomic E-state index is -0.961. The molecule has 0 bridgehead atoms. The highest BCUT2D eigenvalue weighted by molar-refractivity contribution is 5.53. The summed E-state index contributed by atoms with van der Waals surface area (Å²) in [7, 11) is 0. The lowest BCUT2D eigenvalue weighted by Crippen LogP contribution is -2.11. The van der Waals surface area contributed by atoms with Gasteiger partial charge in [0.05, 0.1) is 24.3 Å². The van der Waals surface area contributed by atoms with Crippen LogP contribution >= 0.6 is 0 Å². The second kappa shape index (κ2) is 4.73. The van der Waals surface area contributed by atoms with Gasteiger partial charge in [0.15, 0.2) is 10.8 Å². The Morgan fingerprint density at radius 2 is 0.773 bits per heavy atom. The zero-order chi connectivity index (χ0) is 15.8. The summed E-state index contributed by atoms with van der Waals surface area (Å²) >= 11 is 0. The third-order valence-electron chi connectivity index (χ3n) is 4.62. The Kier molecular flexibility index (Phi) is 2.99. The number of allylic oxidation sites excluding steroid dienone is 8. The molecular formula is C18H12N4. The average molecular weight is 284 g/mol. The molecule has 0 atom stereocenters. The quantitative estimate of drug-likeness (QED) is 0.681. The Hall–Kier alpha value is -3.08. The molecule has 0 aromatic heterocycles. The lowest BCUT2D eigenvalue weighted by atomic mass is 9.86. The minimum absolute atomic E-state index is 0.431. The summed E-state index contributed by atoms with van der Waals surface area (Å²) in [6, 6.07) is 8.54. The first-order valence-corrected chi connectivity index (χ1v) is 7.04. The Balaban J connectivity index is 1.92. The van der Waals surface area contributed by atoms with Crippen molar-refractivity contribution >= 4 is 0 Å². The highest BCUT2D eigenvalue weighted by atomic mass is 14.5. The summed E-state index contributed by atoms with van der Waals surface area (Å²) in [5, 5.41) is 37.1. The van der Waals surface area contributed by atoms with Gasteiger partial charge < -0.3 is 0 Å². The predicted molar refractivity (Wildman–Crippen MR) is 78.1 cm³/mol. The normalized spacial score (nSPS) is 26.4. The molecule has 0 saturated heterocycles. The minimum Gasteiger partial charge on any atom is -0.197 e. The first kappa shape index (κ1) is 13.9. The molecule has 0 aromatic rings. The van der Waals surface area contributed by atoms with Crippen LogP contribution in [-0.4, -0.2) is 0 Å². The topological polar surface area (TPSA) is 95.2 Å². The Labute approximate surface area is 129 Å². The molecular weight excluding hydrogens is 272 g/mol. The lowest BCUT2D eigenvalue weighted by molar-refractivity contribution is 0.556. The van der Waals surface area contributed by atoms with Crippen molar-refractivity contribution in [1.82, 2.24) is 0 Å². The summed E-state index contributed by atoms with van der Waals surface area (Å²) in [5.74, 6) is 0. The molecule has 0 unspecified atom stereocenters. The van der Waals surface area contributed by atoms with Gasteiger partial charge in [-0.3, -0.25) is 0 Å². The molecule has 0 amide bonds. The van der Waals surface area contributed by atoms with Gasteiger partial charge in [-0.25, -0.2) is 0 Å². The van der Waals surface area contributed by atoms with Crippen LogP contribution in [0.5, 0.6) is 0 Å². The van der Waals surface area contributed by atoms with E-state index in [4.69, 9.17) is 0 Å². The van der Waals surface area contributed by atoms with E-state index in [0.29, 0.717) is 25.7 Å². The maximum Gasteiger partial charge on any atom is 0.151 e. The zero-order valence-electron chi connectivity index (χ0n) is 11.9. The Morgan fingerprint density at radius 3 is 0.955 bits per heavy atom. The van der Waals surface area contributed by atoms with Crippen LogP contribution in [0.1, 0.15) is 25.7 Å². The van der Waals surface area contributed by atoms with Crippen LogP contribution in [0, 0.1) is 56.2 Å². The lowest BCUT2D eigenvalue weighted by Gasteiger charge is -2.09. The fourth-order valence-corrected chi connectivity index (χ4v) is 3.31. The van der Waals surface area contributed by atoms with E-state index in [1.807, 2.05) is 24.3 Å². The molecule has 4 nitrogen and oxygen atoms in total. The molecule has 22 heavy (non-hydrogen) atoms. The van der Waals surface area contributed by atoms with E-state index < -0.39 is 10.8 Å². The molecule has 3 rings (SSSR count). The van der Waals surface area contributed by atoms with Gasteiger partial charge in [-0.05, 0) is 22.3 Å². The van der Waals surface area contributed by atoms with Crippen molar-refractivity contribution in [1.29, 1.82) is 21.0 Å². The van der Waals surface area contributed by atoms with Gasteiger partial charge >= 0.3 is 0 Å². The number of hydrogen-bond acceptors (Lipinski definition) is 4. The van der Waals surface area contributed by atoms with Crippen molar-refractivity contribution in [3.63, 3.8) is 0 Å². The summed E-state index contributed by atoms with van der Waals surface area (Å²) in [6.45, 7) is 0. The van der Waals surface area contributed by atoms with Crippen molar-refractivity contribution in [2.45, 2.75) is 25.7 Å².